The van der Waals surface area contributed by atoms with E-state index in [0.29, 0.717) is 0 Å². The summed E-state index contributed by atoms with van der Waals surface area (Å²) in [5.41, 5.74) is -0.279. The fourth-order valence-electron chi connectivity index (χ4n) is 1.53. The predicted molar refractivity (Wildman–Crippen MR) is 72.9 cm³/mol. The minimum absolute atomic E-state index is 0.0492. The van der Waals surface area contributed by atoms with Gasteiger partial charge in [-0.2, -0.15) is 0 Å². The van der Waals surface area contributed by atoms with Crippen LogP contribution in [0.4, 0.5) is 11.4 Å². The molecule has 0 saturated heterocycles. The Labute approximate surface area is 115 Å². The maximum Gasteiger partial charge on any atom is 0.335 e. The second-order valence-electron chi connectivity index (χ2n) is 4.20. The van der Waals surface area contributed by atoms with Crippen LogP contribution in [0.5, 0.6) is 0 Å². The van der Waals surface area contributed by atoms with Gasteiger partial charge in [-0.05, 0) is 18.6 Å². The number of nitrogens with one attached hydrogen (secondary N) is 1. The highest BCUT2D eigenvalue weighted by Gasteiger charge is 2.16. The van der Waals surface area contributed by atoms with Crippen molar-refractivity contribution in [2.75, 3.05) is 23.9 Å². The van der Waals surface area contributed by atoms with Gasteiger partial charge < -0.3 is 10.4 Å². The molecule has 1 aromatic rings. The van der Waals surface area contributed by atoms with E-state index in [4.69, 9.17) is 5.11 Å². The average molecular weight is 302 g/mol. The average Bonchev–Trinajstić information content (AvgIpc) is 2.33. The lowest BCUT2D eigenvalue weighted by Crippen LogP contribution is -2.11. The molecule has 0 saturated carbocycles. The summed E-state index contributed by atoms with van der Waals surface area (Å²) in [5, 5.41) is 22.4. The fourth-order valence-corrected chi connectivity index (χ4v) is 2.20. The number of nitrogens with zero attached hydrogens (tertiary/aromatic N) is 1. The molecule has 8 nitrogen and oxygen atoms in total. The minimum Gasteiger partial charge on any atom is -0.478 e. The van der Waals surface area contributed by atoms with Crippen molar-refractivity contribution in [3.05, 3.63) is 33.9 Å². The number of sulfone groups is 1. The molecule has 0 atom stereocenters. The summed E-state index contributed by atoms with van der Waals surface area (Å²) in [6, 6.07) is 3.39. The number of carbonyl (C=O) groups is 1. The van der Waals surface area contributed by atoms with Crippen LogP contribution in [-0.4, -0.2) is 43.0 Å². The van der Waals surface area contributed by atoms with Crippen molar-refractivity contribution >= 4 is 27.2 Å². The van der Waals surface area contributed by atoms with Crippen LogP contribution in [0.2, 0.25) is 0 Å². The van der Waals surface area contributed by atoms with Gasteiger partial charge in [0.2, 0.25) is 0 Å². The predicted octanol–water partition coefficient (Wildman–Crippen LogP) is 1.14. The largest absolute Gasteiger partial charge is 0.478 e. The zero-order valence-corrected chi connectivity index (χ0v) is 11.5. The standard InChI is InChI=1S/C11H14N2O6S/c1-20(18,19)6-2-5-12-9-7-8(11(14)15)3-4-10(9)13(16)17/h3-4,7,12H,2,5-6H2,1H3,(H,14,15). The van der Waals surface area contributed by atoms with E-state index < -0.39 is 20.7 Å². The number of benzene rings is 1. The maximum atomic E-state index is 10.9. The molecule has 1 aromatic carbocycles. The molecule has 0 radical (unpaired) electrons. The third kappa shape index (κ3) is 4.84. The van der Waals surface area contributed by atoms with Crippen molar-refractivity contribution in [2.45, 2.75) is 6.42 Å². The Morgan fingerprint density at radius 2 is 2.10 bits per heavy atom. The molecule has 1 rings (SSSR count). The number of hydrogen-bond acceptors (Lipinski definition) is 6. The second kappa shape index (κ2) is 6.33. The molecule has 0 aromatic heterocycles. The number of carboxylic acids is 1. The highest BCUT2D eigenvalue weighted by atomic mass is 32.2. The topological polar surface area (TPSA) is 127 Å². The molecule has 0 aliphatic heterocycles. The van der Waals surface area contributed by atoms with Crippen LogP contribution < -0.4 is 5.32 Å². The van der Waals surface area contributed by atoms with Gasteiger partial charge in [0.15, 0.2) is 0 Å². The summed E-state index contributed by atoms with van der Waals surface area (Å²) in [5.74, 6) is -1.24. The number of aromatic carboxylic acids is 1. The van der Waals surface area contributed by atoms with Crippen molar-refractivity contribution in [1.29, 1.82) is 0 Å². The highest BCUT2D eigenvalue weighted by molar-refractivity contribution is 7.90. The monoisotopic (exact) mass is 302 g/mol. The zero-order valence-electron chi connectivity index (χ0n) is 10.7. The normalized spacial score (nSPS) is 11.1. The van der Waals surface area contributed by atoms with E-state index in [-0.39, 0.29) is 35.7 Å². The second-order valence-corrected chi connectivity index (χ2v) is 6.46. The van der Waals surface area contributed by atoms with Crippen LogP contribution in [0, 0.1) is 10.1 Å². The van der Waals surface area contributed by atoms with E-state index in [2.05, 4.69) is 5.32 Å². The molecule has 0 amide bonds. The first-order valence-corrected chi connectivity index (χ1v) is 7.70. The number of carboxylic acid groups (broad SMARTS) is 1. The molecular formula is C11H14N2O6S. The molecule has 0 aliphatic carbocycles. The van der Waals surface area contributed by atoms with Gasteiger partial charge in [-0.1, -0.05) is 0 Å². The fraction of sp³-hybridized carbons (Fsp3) is 0.364. The third-order valence-electron chi connectivity index (χ3n) is 2.45. The van der Waals surface area contributed by atoms with E-state index in [1.165, 1.54) is 0 Å². The van der Waals surface area contributed by atoms with Gasteiger partial charge in [-0.15, -0.1) is 0 Å². The number of rotatable bonds is 7. The lowest BCUT2D eigenvalue weighted by Gasteiger charge is -2.07. The van der Waals surface area contributed by atoms with Crippen molar-refractivity contribution < 1.29 is 23.2 Å². The molecule has 0 aliphatic rings. The Hall–Kier alpha value is -2.16. The molecule has 20 heavy (non-hydrogen) atoms. The molecule has 0 bridgehead atoms. The van der Waals surface area contributed by atoms with E-state index in [0.717, 1.165) is 24.5 Å². The number of anilines is 1. The smallest absolute Gasteiger partial charge is 0.335 e. The Bertz CT molecular complexity index is 626. The molecule has 2 N–H and O–H groups in total. The van der Waals surface area contributed by atoms with Gasteiger partial charge >= 0.3 is 5.97 Å². The van der Waals surface area contributed by atoms with Crippen LogP contribution in [0.1, 0.15) is 16.8 Å². The van der Waals surface area contributed by atoms with Gasteiger partial charge in [0.05, 0.1) is 16.2 Å². The Morgan fingerprint density at radius 1 is 1.45 bits per heavy atom. The molecule has 0 fully saturated rings. The summed E-state index contributed by atoms with van der Waals surface area (Å²) in [7, 11) is -3.09. The maximum absolute atomic E-state index is 10.9. The van der Waals surface area contributed by atoms with E-state index >= 15 is 0 Å². The quantitative estimate of drug-likeness (QED) is 0.439. The van der Waals surface area contributed by atoms with Gasteiger partial charge in [0, 0.05) is 18.9 Å². The van der Waals surface area contributed by atoms with Gasteiger partial charge in [-0.3, -0.25) is 10.1 Å². The summed E-state index contributed by atoms with van der Waals surface area (Å²) >= 11 is 0. The molecular weight excluding hydrogens is 288 g/mol. The Morgan fingerprint density at radius 3 is 2.60 bits per heavy atom. The third-order valence-corrected chi connectivity index (χ3v) is 3.48. The molecule has 0 spiro atoms. The summed E-state index contributed by atoms with van der Waals surface area (Å²) in [6.07, 6.45) is 1.37. The van der Waals surface area contributed by atoms with Crippen molar-refractivity contribution in [3.63, 3.8) is 0 Å². The van der Waals surface area contributed by atoms with Crippen molar-refractivity contribution in [2.24, 2.45) is 0 Å². The number of nitro benzene ring substituents is 1. The summed E-state index contributed by atoms with van der Waals surface area (Å²) < 4.78 is 21.9. The first-order chi connectivity index (χ1) is 9.20. The SMILES string of the molecule is CS(=O)(=O)CCCNc1cc(C(=O)O)ccc1[N+](=O)[O-]. The number of nitro groups is 1. The van der Waals surface area contributed by atoms with E-state index in [1.54, 1.807) is 0 Å². The number of hydrogen-bond donors (Lipinski definition) is 2. The molecule has 9 heteroatoms. The molecule has 110 valence electrons. The lowest BCUT2D eigenvalue weighted by atomic mass is 10.1. The van der Waals surface area contributed by atoms with Crippen molar-refractivity contribution in [3.8, 4) is 0 Å². The Balaban J connectivity index is 2.83. The lowest BCUT2D eigenvalue weighted by molar-refractivity contribution is -0.384. The summed E-state index contributed by atoms with van der Waals surface area (Å²) in [4.78, 5) is 21.0. The van der Waals surface area contributed by atoms with Gasteiger partial charge in [-0.25, -0.2) is 13.2 Å². The van der Waals surface area contributed by atoms with Crippen LogP contribution in [0.25, 0.3) is 0 Å². The molecule has 0 unspecified atom stereocenters. The first-order valence-electron chi connectivity index (χ1n) is 5.64. The van der Waals surface area contributed by atoms with E-state index in [9.17, 15) is 23.3 Å². The Kier molecular flexibility index (Phi) is 5.03. The first kappa shape index (κ1) is 15.9. The van der Waals surface area contributed by atoms with Gasteiger partial charge in [0.1, 0.15) is 15.5 Å². The van der Waals surface area contributed by atoms with Crippen LogP contribution in [-0.2, 0) is 9.84 Å². The highest BCUT2D eigenvalue weighted by Crippen LogP contribution is 2.25. The minimum atomic E-state index is -3.09. The van der Waals surface area contributed by atoms with Crippen LogP contribution in [0.15, 0.2) is 18.2 Å². The van der Waals surface area contributed by atoms with Gasteiger partial charge in [0.25, 0.3) is 5.69 Å². The summed E-state index contributed by atoms with van der Waals surface area (Å²) in [6.45, 7) is 0.191. The van der Waals surface area contributed by atoms with E-state index in [1.807, 2.05) is 0 Å². The van der Waals surface area contributed by atoms with Crippen LogP contribution >= 0.6 is 0 Å². The van der Waals surface area contributed by atoms with Crippen molar-refractivity contribution in [1.82, 2.24) is 0 Å². The van der Waals surface area contributed by atoms with Crippen LogP contribution in [0.3, 0.4) is 0 Å². The zero-order chi connectivity index (χ0) is 15.3. The molecule has 0 heterocycles.